The molecule has 0 spiro atoms. The van der Waals surface area contributed by atoms with Gasteiger partial charge in [-0.1, -0.05) is 6.07 Å². The van der Waals surface area contributed by atoms with Gasteiger partial charge in [0.25, 0.3) is 5.91 Å². The van der Waals surface area contributed by atoms with Crippen molar-refractivity contribution < 1.29 is 4.79 Å². The van der Waals surface area contributed by atoms with Crippen molar-refractivity contribution in [3.8, 4) is 0 Å². The molecule has 0 saturated heterocycles. The number of carbonyl (C=O) groups excluding carboxylic acids is 1. The normalized spacial score (nSPS) is 10.1. The first kappa shape index (κ1) is 12.0. The van der Waals surface area contributed by atoms with E-state index in [0.717, 1.165) is 11.3 Å². The Hall–Kier alpha value is -2.49. The van der Waals surface area contributed by atoms with Crippen molar-refractivity contribution in [2.24, 2.45) is 5.73 Å². The summed E-state index contributed by atoms with van der Waals surface area (Å²) in [7, 11) is 0. The molecule has 92 valence electrons. The zero-order valence-electron chi connectivity index (χ0n) is 10.1. The lowest BCUT2D eigenvalue weighted by atomic mass is 10.1. The predicted octanol–water partition coefficient (Wildman–Crippen LogP) is 2.42. The number of amides is 1. The number of anilines is 3. The van der Waals surface area contributed by atoms with Crippen LogP contribution in [0.1, 0.15) is 15.9 Å². The Kier molecular flexibility index (Phi) is 3.19. The summed E-state index contributed by atoms with van der Waals surface area (Å²) in [4.78, 5) is 11.3. The molecular formula is C14H15N3O. The van der Waals surface area contributed by atoms with Crippen molar-refractivity contribution >= 4 is 23.0 Å². The summed E-state index contributed by atoms with van der Waals surface area (Å²) in [5, 5.41) is 3.17. The van der Waals surface area contributed by atoms with Crippen LogP contribution in [0.2, 0.25) is 0 Å². The summed E-state index contributed by atoms with van der Waals surface area (Å²) in [5.41, 5.74) is 14.7. The van der Waals surface area contributed by atoms with E-state index in [2.05, 4.69) is 5.32 Å². The second kappa shape index (κ2) is 4.79. The lowest BCUT2D eigenvalue weighted by Crippen LogP contribution is -2.13. The quantitative estimate of drug-likeness (QED) is 0.722. The van der Waals surface area contributed by atoms with Crippen LogP contribution in [0.5, 0.6) is 0 Å². The number of carbonyl (C=O) groups is 1. The molecule has 0 aliphatic rings. The average Bonchev–Trinajstić information content (AvgIpc) is 2.32. The average molecular weight is 241 g/mol. The van der Waals surface area contributed by atoms with Gasteiger partial charge in [0, 0.05) is 11.4 Å². The Morgan fingerprint density at radius 3 is 2.39 bits per heavy atom. The molecule has 0 aliphatic carbocycles. The van der Waals surface area contributed by atoms with E-state index in [-0.39, 0.29) is 0 Å². The highest BCUT2D eigenvalue weighted by atomic mass is 16.1. The third-order valence-electron chi connectivity index (χ3n) is 2.63. The Morgan fingerprint density at radius 2 is 1.78 bits per heavy atom. The Labute approximate surface area is 106 Å². The van der Waals surface area contributed by atoms with Gasteiger partial charge in [0.05, 0.1) is 11.3 Å². The molecule has 0 heterocycles. The van der Waals surface area contributed by atoms with Crippen LogP contribution >= 0.6 is 0 Å². The van der Waals surface area contributed by atoms with Crippen molar-refractivity contribution in [3.05, 3.63) is 53.6 Å². The topological polar surface area (TPSA) is 81.1 Å². The summed E-state index contributed by atoms with van der Waals surface area (Å²) in [6.45, 7) is 1.96. The predicted molar refractivity (Wildman–Crippen MR) is 73.8 cm³/mol. The van der Waals surface area contributed by atoms with Crippen molar-refractivity contribution in [1.82, 2.24) is 0 Å². The first-order valence-electron chi connectivity index (χ1n) is 5.59. The van der Waals surface area contributed by atoms with Crippen LogP contribution in [0.4, 0.5) is 17.1 Å². The molecule has 4 nitrogen and oxygen atoms in total. The SMILES string of the molecule is Cc1ccc(C(N)=O)c(Nc2ccc(N)cc2)c1. The van der Waals surface area contributed by atoms with Gasteiger partial charge in [-0.25, -0.2) is 0 Å². The summed E-state index contributed by atoms with van der Waals surface area (Å²) < 4.78 is 0. The standard InChI is InChI=1S/C14H15N3O/c1-9-2-7-12(14(16)18)13(8-9)17-11-5-3-10(15)4-6-11/h2-8,17H,15H2,1H3,(H2,16,18). The second-order valence-corrected chi connectivity index (χ2v) is 4.16. The summed E-state index contributed by atoms with van der Waals surface area (Å²) in [6, 6.07) is 12.7. The van der Waals surface area contributed by atoms with Crippen molar-refractivity contribution in [1.29, 1.82) is 0 Å². The van der Waals surface area contributed by atoms with Gasteiger partial charge < -0.3 is 16.8 Å². The van der Waals surface area contributed by atoms with Crippen LogP contribution in [-0.2, 0) is 0 Å². The van der Waals surface area contributed by atoms with Crippen molar-refractivity contribution in [2.75, 3.05) is 11.1 Å². The number of hydrogen-bond acceptors (Lipinski definition) is 3. The maximum Gasteiger partial charge on any atom is 0.250 e. The fourth-order valence-corrected chi connectivity index (χ4v) is 1.70. The van der Waals surface area contributed by atoms with Crippen LogP contribution in [-0.4, -0.2) is 5.91 Å². The Balaban J connectivity index is 2.35. The van der Waals surface area contributed by atoms with Gasteiger partial charge in [0.2, 0.25) is 0 Å². The summed E-state index contributed by atoms with van der Waals surface area (Å²) >= 11 is 0. The zero-order valence-corrected chi connectivity index (χ0v) is 10.1. The maximum absolute atomic E-state index is 11.3. The second-order valence-electron chi connectivity index (χ2n) is 4.16. The number of rotatable bonds is 3. The minimum atomic E-state index is -0.451. The molecule has 2 aromatic rings. The number of nitrogens with two attached hydrogens (primary N) is 2. The first-order chi connectivity index (χ1) is 8.56. The van der Waals surface area contributed by atoms with E-state index < -0.39 is 5.91 Å². The van der Waals surface area contributed by atoms with E-state index in [1.165, 1.54) is 0 Å². The molecule has 18 heavy (non-hydrogen) atoms. The molecule has 0 fully saturated rings. The van der Waals surface area contributed by atoms with Gasteiger partial charge in [0.1, 0.15) is 0 Å². The number of primary amides is 1. The third kappa shape index (κ3) is 2.60. The fraction of sp³-hybridized carbons (Fsp3) is 0.0714. The maximum atomic E-state index is 11.3. The summed E-state index contributed by atoms with van der Waals surface area (Å²) in [5.74, 6) is -0.451. The number of benzene rings is 2. The molecule has 2 rings (SSSR count). The smallest absolute Gasteiger partial charge is 0.250 e. The molecule has 0 saturated carbocycles. The third-order valence-corrected chi connectivity index (χ3v) is 2.63. The molecule has 0 aliphatic heterocycles. The minimum absolute atomic E-state index is 0.451. The monoisotopic (exact) mass is 241 g/mol. The Bertz CT molecular complexity index is 576. The highest BCUT2D eigenvalue weighted by molar-refractivity contribution is 5.99. The van der Waals surface area contributed by atoms with E-state index in [9.17, 15) is 4.79 Å². The van der Waals surface area contributed by atoms with Crippen LogP contribution in [0.25, 0.3) is 0 Å². The van der Waals surface area contributed by atoms with Crippen molar-refractivity contribution in [2.45, 2.75) is 6.92 Å². The van der Waals surface area contributed by atoms with E-state index in [0.29, 0.717) is 16.9 Å². The van der Waals surface area contributed by atoms with E-state index >= 15 is 0 Å². The van der Waals surface area contributed by atoms with E-state index in [1.54, 1.807) is 18.2 Å². The van der Waals surface area contributed by atoms with E-state index in [4.69, 9.17) is 11.5 Å². The molecular weight excluding hydrogens is 226 g/mol. The molecule has 5 N–H and O–H groups in total. The van der Waals surface area contributed by atoms with Gasteiger partial charge in [-0.15, -0.1) is 0 Å². The molecule has 4 heteroatoms. The molecule has 0 aromatic heterocycles. The number of nitrogen functional groups attached to an aromatic ring is 1. The zero-order chi connectivity index (χ0) is 13.1. The van der Waals surface area contributed by atoms with E-state index in [1.807, 2.05) is 31.2 Å². The van der Waals surface area contributed by atoms with Crippen LogP contribution in [0.15, 0.2) is 42.5 Å². The van der Waals surface area contributed by atoms with Gasteiger partial charge in [-0.2, -0.15) is 0 Å². The molecule has 0 atom stereocenters. The number of aryl methyl sites for hydroxylation is 1. The molecule has 2 aromatic carbocycles. The number of nitrogens with one attached hydrogen (secondary N) is 1. The van der Waals surface area contributed by atoms with Gasteiger partial charge in [0.15, 0.2) is 0 Å². The fourth-order valence-electron chi connectivity index (χ4n) is 1.70. The molecule has 0 unspecified atom stereocenters. The van der Waals surface area contributed by atoms with Gasteiger partial charge in [-0.3, -0.25) is 4.79 Å². The Morgan fingerprint density at radius 1 is 1.11 bits per heavy atom. The van der Waals surface area contributed by atoms with Crippen LogP contribution in [0.3, 0.4) is 0 Å². The molecule has 1 amide bonds. The van der Waals surface area contributed by atoms with Gasteiger partial charge >= 0.3 is 0 Å². The minimum Gasteiger partial charge on any atom is -0.399 e. The first-order valence-corrected chi connectivity index (χ1v) is 5.59. The lowest BCUT2D eigenvalue weighted by Gasteiger charge is -2.11. The highest BCUT2D eigenvalue weighted by Crippen LogP contribution is 2.22. The summed E-state index contributed by atoms with van der Waals surface area (Å²) in [6.07, 6.45) is 0. The lowest BCUT2D eigenvalue weighted by molar-refractivity contribution is 0.100. The van der Waals surface area contributed by atoms with Crippen molar-refractivity contribution in [3.63, 3.8) is 0 Å². The number of hydrogen-bond donors (Lipinski definition) is 3. The van der Waals surface area contributed by atoms with Crippen LogP contribution in [0, 0.1) is 6.92 Å². The molecule has 0 bridgehead atoms. The van der Waals surface area contributed by atoms with Crippen LogP contribution < -0.4 is 16.8 Å². The largest absolute Gasteiger partial charge is 0.399 e. The van der Waals surface area contributed by atoms with Gasteiger partial charge in [-0.05, 0) is 48.9 Å². The highest BCUT2D eigenvalue weighted by Gasteiger charge is 2.08. The molecule has 0 radical (unpaired) electrons.